The molecule has 5 heteroatoms. The first kappa shape index (κ1) is 23.1. The molecule has 0 aromatic rings. The number of ether oxygens (including phenoxy) is 1. The molecule has 1 amide bonds. The molecule has 154 valence electrons. The Labute approximate surface area is 160 Å². The van der Waals surface area contributed by atoms with Crippen molar-refractivity contribution in [3.63, 3.8) is 0 Å². The fourth-order valence-electron chi connectivity index (χ4n) is 3.66. The zero-order valence-electron chi connectivity index (χ0n) is 17.0. The van der Waals surface area contributed by atoms with Crippen LogP contribution in [-0.2, 0) is 14.3 Å². The van der Waals surface area contributed by atoms with Gasteiger partial charge in [0.05, 0.1) is 6.10 Å². The summed E-state index contributed by atoms with van der Waals surface area (Å²) in [5, 5.41) is 11.2. The summed E-state index contributed by atoms with van der Waals surface area (Å²) in [6, 6.07) is 0.266. The second kappa shape index (κ2) is 13.3. The number of carbonyl (C=O) groups excluding carboxylic acids is 2. The molecule has 2 rings (SSSR count). The van der Waals surface area contributed by atoms with Crippen molar-refractivity contribution in [1.29, 1.82) is 0 Å². The number of hydrogen-bond acceptors (Lipinski definition) is 4. The Balaban J connectivity index is 0.00000123. The first-order valence-electron chi connectivity index (χ1n) is 10.5. The molecule has 2 aliphatic rings. The Kier molecular flexibility index (Phi) is 11.8. The SMILES string of the molecule is CC(=O)C1CCC(NC(=O)CCCOC2CCCCC2)CC1.CC(C)O.[HH]. The lowest BCUT2D eigenvalue weighted by Crippen LogP contribution is -2.38. The van der Waals surface area contributed by atoms with E-state index >= 15 is 0 Å². The van der Waals surface area contributed by atoms with E-state index < -0.39 is 0 Å². The van der Waals surface area contributed by atoms with Gasteiger partial charge in [-0.1, -0.05) is 19.3 Å². The lowest BCUT2D eigenvalue weighted by atomic mass is 9.84. The molecule has 0 bridgehead atoms. The number of Topliss-reactive ketones (excluding diaryl/α,β-unsaturated/α-hetero) is 1. The van der Waals surface area contributed by atoms with E-state index in [-0.39, 0.29) is 25.4 Å². The van der Waals surface area contributed by atoms with Gasteiger partial charge in [-0.3, -0.25) is 9.59 Å². The maximum absolute atomic E-state index is 11.9. The van der Waals surface area contributed by atoms with Crippen LogP contribution in [0.25, 0.3) is 0 Å². The lowest BCUT2D eigenvalue weighted by Gasteiger charge is -2.27. The number of rotatable bonds is 7. The van der Waals surface area contributed by atoms with E-state index in [9.17, 15) is 9.59 Å². The van der Waals surface area contributed by atoms with Crippen molar-refractivity contribution < 1.29 is 20.9 Å². The monoisotopic (exact) mass is 371 g/mol. The van der Waals surface area contributed by atoms with E-state index in [0.29, 0.717) is 24.9 Å². The quantitative estimate of drug-likeness (QED) is 0.663. The third-order valence-corrected chi connectivity index (χ3v) is 5.12. The highest BCUT2D eigenvalue weighted by Crippen LogP contribution is 2.25. The van der Waals surface area contributed by atoms with Crippen molar-refractivity contribution in [3.8, 4) is 0 Å². The molecule has 5 nitrogen and oxygen atoms in total. The molecule has 2 N–H and O–H groups in total. The molecule has 0 atom stereocenters. The summed E-state index contributed by atoms with van der Waals surface area (Å²) >= 11 is 0. The Bertz CT molecular complexity index is 400. The number of hydrogen-bond donors (Lipinski definition) is 2. The van der Waals surface area contributed by atoms with Gasteiger partial charge >= 0.3 is 0 Å². The van der Waals surface area contributed by atoms with Crippen molar-refractivity contribution in [2.45, 2.75) is 110 Å². The Morgan fingerprint density at radius 3 is 2.19 bits per heavy atom. The largest absolute Gasteiger partial charge is 0.394 e. The van der Waals surface area contributed by atoms with E-state index in [1.165, 1.54) is 32.1 Å². The second-order valence-corrected chi connectivity index (χ2v) is 8.05. The van der Waals surface area contributed by atoms with Crippen molar-refractivity contribution >= 4 is 11.7 Å². The Morgan fingerprint density at radius 2 is 1.65 bits per heavy atom. The maximum Gasteiger partial charge on any atom is 0.220 e. The fourth-order valence-corrected chi connectivity index (χ4v) is 3.66. The number of aliphatic hydroxyl groups is 1. The molecule has 0 spiro atoms. The predicted molar refractivity (Wildman–Crippen MR) is 106 cm³/mol. The molecule has 2 aliphatic carbocycles. The summed E-state index contributed by atoms with van der Waals surface area (Å²) in [6.45, 7) is 5.82. The summed E-state index contributed by atoms with van der Waals surface area (Å²) in [5.74, 6) is 0.653. The van der Waals surface area contributed by atoms with Crippen LogP contribution in [0, 0.1) is 5.92 Å². The summed E-state index contributed by atoms with van der Waals surface area (Å²) in [4.78, 5) is 23.3. The number of aliphatic hydroxyl groups excluding tert-OH is 1. The summed E-state index contributed by atoms with van der Waals surface area (Å²) in [5.41, 5.74) is 0. The fraction of sp³-hybridized carbons (Fsp3) is 0.905. The minimum absolute atomic E-state index is 0. The molecule has 0 saturated heterocycles. The lowest BCUT2D eigenvalue weighted by molar-refractivity contribution is -0.123. The van der Waals surface area contributed by atoms with E-state index in [1.54, 1.807) is 20.8 Å². The number of amides is 1. The smallest absolute Gasteiger partial charge is 0.220 e. The average molecular weight is 372 g/mol. The third kappa shape index (κ3) is 10.9. The van der Waals surface area contributed by atoms with Gasteiger partial charge in [-0.05, 0) is 65.7 Å². The first-order chi connectivity index (χ1) is 12.4. The minimum atomic E-state index is -0.167. The van der Waals surface area contributed by atoms with Crippen LogP contribution >= 0.6 is 0 Å². The minimum Gasteiger partial charge on any atom is -0.394 e. The van der Waals surface area contributed by atoms with Crippen LogP contribution in [0.1, 0.15) is 92.8 Å². The molecule has 2 saturated carbocycles. The highest BCUT2D eigenvalue weighted by atomic mass is 16.5. The summed E-state index contributed by atoms with van der Waals surface area (Å²) < 4.78 is 5.85. The van der Waals surface area contributed by atoms with Gasteiger partial charge in [0.2, 0.25) is 5.91 Å². The molecule has 0 unspecified atom stereocenters. The van der Waals surface area contributed by atoms with Crippen LogP contribution in [0.15, 0.2) is 0 Å². The van der Waals surface area contributed by atoms with Crippen LogP contribution in [0.5, 0.6) is 0 Å². The standard InChI is InChI=1S/C18H31NO3.C3H8O.H2/c1-14(20)15-9-11-16(12-10-15)19-18(21)8-5-13-22-17-6-3-2-4-7-17;1-3(2)4;/h15-17H,2-13H2,1H3,(H,19,21);3-4H,1-2H3;1H. The van der Waals surface area contributed by atoms with Crippen LogP contribution in [0.2, 0.25) is 0 Å². The van der Waals surface area contributed by atoms with Gasteiger partial charge in [-0.2, -0.15) is 0 Å². The molecule has 0 heterocycles. The normalized spacial score (nSPS) is 23.9. The number of ketones is 1. The van der Waals surface area contributed by atoms with Crippen molar-refractivity contribution in [1.82, 2.24) is 5.32 Å². The maximum atomic E-state index is 11.9. The van der Waals surface area contributed by atoms with Gasteiger partial charge < -0.3 is 15.2 Å². The van der Waals surface area contributed by atoms with Crippen LogP contribution in [0.4, 0.5) is 0 Å². The topological polar surface area (TPSA) is 75.6 Å². The molecule has 2 fully saturated rings. The van der Waals surface area contributed by atoms with Gasteiger partial charge in [0, 0.05) is 32.5 Å². The van der Waals surface area contributed by atoms with E-state index in [0.717, 1.165) is 32.1 Å². The zero-order valence-corrected chi connectivity index (χ0v) is 17.0. The van der Waals surface area contributed by atoms with Crippen molar-refractivity contribution in [3.05, 3.63) is 0 Å². The molecule has 0 aliphatic heterocycles. The van der Waals surface area contributed by atoms with E-state index in [4.69, 9.17) is 9.84 Å². The number of nitrogens with one attached hydrogen (secondary N) is 1. The molecule has 0 aromatic heterocycles. The van der Waals surface area contributed by atoms with Crippen LogP contribution in [-0.4, -0.2) is 41.7 Å². The molecule has 0 radical (unpaired) electrons. The van der Waals surface area contributed by atoms with Gasteiger partial charge in [0.15, 0.2) is 0 Å². The van der Waals surface area contributed by atoms with E-state index in [2.05, 4.69) is 5.32 Å². The molecule has 26 heavy (non-hydrogen) atoms. The second-order valence-electron chi connectivity index (χ2n) is 8.05. The van der Waals surface area contributed by atoms with Gasteiger partial charge in [0.25, 0.3) is 0 Å². The molecule has 0 aromatic carbocycles. The third-order valence-electron chi connectivity index (χ3n) is 5.12. The first-order valence-corrected chi connectivity index (χ1v) is 10.5. The Morgan fingerprint density at radius 1 is 1.08 bits per heavy atom. The highest BCUT2D eigenvalue weighted by molar-refractivity contribution is 5.78. The van der Waals surface area contributed by atoms with Crippen molar-refractivity contribution in [2.75, 3.05) is 6.61 Å². The van der Waals surface area contributed by atoms with Gasteiger partial charge in [0.1, 0.15) is 5.78 Å². The Hall–Kier alpha value is -0.940. The van der Waals surface area contributed by atoms with Crippen molar-refractivity contribution in [2.24, 2.45) is 5.92 Å². The zero-order chi connectivity index (χ0) is 19.4. The van der Waals surface area contributed by atoms with Crippen LogP contribution in [0.3, 0.4) is 0 Å². The van der Waals surface area contributed by atoms with Crippen LogP contribution < -0.4 is 5.32 Å². The predicted octanol–water partition coefficient (Wildman–Crippen LogP) is 4.01. The summed E-state index contributed by atoms with van der Waals surface area (Å²) in [7, 11) is 0. The number of carbonyl (C=O) groups is 2. The van der Waals surface area contributed by atoms with Gasteiger partial charge in [-0.15, -0.1) is 0 Å². The highest BCUT2D eigenvalue weighted by Gasteiger charge is 2.24. The molecular weight excluding hydrogens is 330 g/mol. The average Bonchev–Trinajstić information content (AvgIpc) is 2.60. The summed E-state index contributed by atoms with van der Waals surface area (Å²) in [6.07, 6.45) is 11.6. The van der Waals surface area contributed by atoms with Gasteiger partial charge in [-0.25, -0.2) is 0 Å². The van der Waals surface area contributed by atoms with E-state index in [1.807, 2.05) is 0 Å². The molecular formula is C21H41NO4.